The summed E-state index contributed by atoms with van der Waals surface area (Å²) in [5.41, 5.74) is 0.433. The third kappa shape index (κ3) is 5.06. The molecule has 0 bridgehead atoms. The maximum atomic E-state index is 4.46. The summed E-state index contributed by atoms with van der Waals surface area (Å²) >= 11 is 0. The second kappa shape index (κ2) is 7.82. The Hall–Kier alpha value is -0.0400. The Morgan fingerprint density at radius 3 is 2.65 bits per heavy atom. The predicted octanol–water partition coefficient (Wildman–Crippen LogP) is 2.25. The van der Waals surface area contributed by atoms with Gasteiger partial charge in [0, 0.05) is 33.2 Å². The van der Waals surface area contributed by atoms with E-state index in [0.717, 1.165) is 31.5 Å². The summed E-state index contributed by atoms with van der Waals surface area (Å²) < 4.78 is 0. The van der Waals surface area contributed by atoms with E-state index in [1.807, 2.05) is 7.05 Å². The number of nitrogens with one attached hydrogen (secondary N) is 1. The van der Waals surface area contributed by atoms with E-state index >= 15 is 0 Å². The van der Waals surface area contributed by atoms with Gasteiger partial charge in [-0.25, -0.2) is 0 Å². The Bertz CT molecular complexity index is 330. The highest BCUT2D eigenvalue weighted by Crippen LogP contribution is 2.28. The van der Waals surface area contributed by atoms with Crippen LogP contribution in [0.2, 0.25) is 0 Å². The highest BCUT2D eigenvalue weighted by Gasteiger charge is 2.31. The Kier molecular flexibility index (Phi) is 7.04. The Balaban J connectivity index is 0.00000200. The summed E-state index contributed by atoms with van der Waals surface area (Å²) in [6, 6.07) is 0. The minimum Gasteiger partial charge on any atom is -0.356 e. The van der Waals surface area contributed by atoms with Gasteiger partial charge >= 0.3 is 0 Å². The standard InChI is InChI=1S/C15H30N4.HI/c1-15(2)7-9-19(12-15)14(16-3)17-10-13-6-5-8-18(4)11-13;/h13H,5-12H2,1-4H3,(H,16,17);1H. The van der Waals surface area contributed by atoms with Crippen LogP contribution in [0, 0.1) is 11.3 Å². The van der Waals surface area contributed by atoms with Crippen LogP contribution in [0.4, 0.5) is 0 Å². The molecule has 0 aliphatic carbocycles. The Morgan fingerprint density at radius 1 is 1.35 bits per heavy atom. The molecule has 2 aliphatic heterocycles. The van der Waals surface area contributed by atoms with E-state index < -0.39 is 0 Å². The van der Waals surface area contributed by atoms with Crippen molar-refractivity contribution in [2.45, 2.75) is 33.1 Å². The SMILES string of the molecule is CN=C(NCC1CCCN(C)C1)N1CCC(C)(C)C1.I. The first-order valence-electron chi connectivity index (χ1n) is 7.64. The number of nitrogens with zero attached hydrogens (tertiary/aromatic N) is 3. The molecule has 0 aromatic carbocycles. The summed E-state index contributed by atoms with van der Waals surface area (Å²) in [6.07, 6.45) is 3.94. The van der Waals surface area contributed by atoms with Crippen LogP contribution < -0.4 is 5.32 Å². The molecular weight excluding hydrogens is 363 g/mol. The normalized spacial score (nSPS) is 27.3. The number of rotatable bonds is 2. The average molecular weight is 394 g/mol. The summed E-state index contributed by atoms with van der Waals surface area (Å²) in [4.78, 5) is 9.31. The molecule has 2 heterocycles. The molecule has 0 radical (unpaired) electrons. The van der Waals surface area contributed by atoms with Gasteiger partial charge < -0.3 is 15.1 Å². The topological polar surface area (TPSA) is 30.9 Å². The summed E-state index contributed by atoms with van der Waals surface area (Å²) in [7, 11) is 4.13. The third-order valence-corrected chi connectivity index (χ3v) is 4.46. The van der Waals surface area contributed by atoms with E-state index in [1.54, 1.807) is 0 Å². The van der Waals surface area contributed by atoms with Crippen LogP contribution in [0.15, 0.2) is 4.99 Å². The zero-order chi connectivity index (χ0) is 13.9. The zero-order valence-corrected chi connectivity index (χ0v) is 15.8. The Labute approximate surface area is 141 Å². The van der Waals surface area contributed by atoms with Gasteiger partial charge in [-0.05, 0) is 44.2 Å². The van der Waals surface area contributed by atoms with Crippen molar-refractivity contribution in [1.82, 2.24) is 15.1 Å². The van der Waals surface area contributed by atoms with Gasteiger partial charge in [0.1, 0.15) is 0 Å². The predicted molar refractivity (Wildman–Crippen MR) is 97.0 cm³/mol. The van der Waals surface area contributed by atoms with Crippen molar-refractivity contribution in [1.29, 1.82) is 0 Å². The smallest absolute Gasteiger partial charge is 0.193 e. The molecule has 118 valence electrons. The maximum absolute atomic E-state index is 4.46. The fraction of sp³-hybridized carbons (Fsp3) is 0.933. The molecule has 0 aromatic rings. The molecule has 20 heavy (non-hydrogen) atoms. The van der Waals surface area contributed by atoms with Crippen molar-refractivity contribution in [3.8, 4) is 0 Å². The number of hydrogen-bond donors (Lipinski definition) is 1. The Morgan fingerprint density at radius 2 is 2.10 bits per heavy atom. The zero-order valence-electron chi connectivity index (χ0n) is 13.5. The lowest BCUT2D eigenvalue weighted by Crippen LogP contribution is -2.45. The van der Waals surface area contributed by atoms with E-state index in [-0.39, 0.29) is 24.0 Å². The first-order valence-corrected chi connectivity index (χ1v) is 7.64. The van der Waals surface area contributed by atoms with Gasteiger partial charge in [-0.1, -0.05) is 13.8 Å². The second-order valence-electron chi connectivity index (χ2n) is 7.03. The lowest BCUT2D eigenvalue weighted by atomic mass is 9.93. The second-order valence-corrected chi connectivity index (χ2v) is 7.03. The van der Waals surface area contributed by atoms with E-state index in [0.29, 0.717) is 5.41 Å². The van der Waals surface area contributed by atoms with Crippen LogP contribution in [0.1, 0.15) is 33.1 Å². The molecule has 0 amide bonds. The highest BCUT2D eigenvalue weighted by molar-refractivity contribution is 14.0. The number of halogens is 1. The van der Waals surface area contributed by atoms with Crippen LogP contribution in [-0.4, -0.2) is 62.6 Å². The largest absolute Gasteiger partial charge is 0.356 e. The third-order valence-electron chi connectivity index (χ3n) is 4.46. The molecule has 1 atom stereocenters. The molecule has 1 N–H and O–H groups in total. The van der Waals surface area contributed by atoms with Crippen LogP contribution in [-0.2, 0) is 0 Å². The van der Waals surface area contributed by atoms with Gasteiger partial charge in [-0.2, -0.15) is 0 Å². The summed E-state index contributed by atoms with van der Waals surface area (Å²) in [5, 5.41) is 3.59. The average Bonchev–Trinajstić information content (AvgIpc) is 2.71. The number of piperidine rings is 1. The maximum Gasteiger partial charge on any atom is 0.193 e. The molecule has 1 unspecified atom stereocenters. The molecule has 2 rings (SSSR count). The molecule has 0 aromatic heterocycles. The summed E-state index contributed by atoms with van der Waals surface area (Å²) in [6.45, 7) is 10.5. The van der Waals surface area contributed by atoms with E-state index in [2.05, 4.69) is 41.0 Å². The fourth-order valence-corrected chi connectivity index (χ4v) is 3.30. The van der Waals surface area contributed by atoms with Crippen molar-refractivity contribution in [2.75, 3.05) is 46.8 Å². The number of guanidine groups is 1. The van der Waals surface area contributed by atoms with Gasteiger partial charge in [-0.15, -0.1) is 24.0 Å². The first-order chi connectivity index (χ1) is 9.00. The van der Waals surface area contributed by atoms with Crippen molar-refractivity contribution in [3.63, 3.8) is 0 Å². The fourth-order valence-electron chi connectivity index (χ4n) is 3.30. The molecule has 2 saturated heterocycles. The molecule has 2 fully saturated rings. The van der Waals surface area contributed by atoms with Crippen molar-refractivity contribution < 1.29 is 0 Å². The lowest BCUT2D eigenvalue weighted by Gasteiger charge is -2.31. The number of aliphatic imine (C=N–C) groups is 1. The van der Waals surface area contributed by atoms with Crippen molar-refractivity contribution >= 4 is 29.9 Å². The molecule has 4 nitrogen and oxygen atoms in total. The molecule has 2 aliphatic rings. The molecular formula is C15H31IN4. The van der Waals surface area contributed by atoms with E-state index in [1.165, 1.54) is 32.4 Å². The minimum atomic E-state index is 0. The van der Waals surface area contributed by atoms with Crippen molar-refractivity contribution in [2.24, 2.45) is 16.3 Å². The quantitative estimate of drug-likeness (QED) is 0.443. The van der Waals surface area contributed by atoms with E-state index in [4.69, 9.17) is 0 Å². The monoisotopic (exact) mass is 394 g/mol. The summed E-state index contributed by atoms with van der Waals surface area (Å²) in [5.74, 6) is 1.87. The molecule has 5 heteroatoms. The number of hydrogen-bond acceptors (Lipinski definition) is 2. The number of likely N-dealkylation sites (tertiary alicyclic amines) is 2. The first kappa shape index (κ1) is 18.0. The molecule has 0 spiro atoms. The van der Waals surface area contributed by atoms with Crippen LogP contribution in [0.5, 0.6) is 0 Å². The van der Waals surface area contributed by atoms with Gasteiger partial charge in [0.05, 0.1) is 0 Å². The van der Waals surface area contributed by atoms with Crippen LogP contribution in [0.25, 0.3) is 0 Å². The van der Waals surface area contributed by atoms with Gasteiger partial charge in [0.25, 0.3) is 0 Å². The van der Waals surface area contributed by atoms with Crippen LogP contribution >= 0.6 is 24.0 Å². The van der Waals surface area contributed by atoms with Crippen LogP contribution in [0.3, 0.4) is 0 Å². The van der Waals surface area contributed by atoms with E-state index in [9.17, 15) is 0 Å². The molecule has 0 saturated carbocycles. The van der Waals surface area contributed by atoms with Gasteiger partial charge in [-0.3, -0.25) is 4.99 Å². The highest BCUT2D eigenvalue weighted by atomic mass is 127. The van der Waals surface area contributed by atoms with Gasteiger partial charge in [0.2, 0.25) is 0 Å². The van der Waals surface area contributed by atoms with Crippen molar-refractivity contribution in [3.05, 3.63) is 0 Å². The lowest BCUT2D eigenvalue weighted by molar-refractivity contribution is 0.209. The minimum absolute atomic E-state index is 0. The van der Waals surface area contributed by atoms with Gasteiger partial charge in [0.15, 0.2) is 5.96 Å².